The second-order valence-corrected chi connectivity index (χ2v) is 5.67. The summed E-state index contributed by atoms with van der Waals surface area (Å²) in [6, 6.07) is 12.3. The lowest BCUT2D eigenvalue weighted by molar-refractivity contribution is -0.159. The van der Waals surface area contributed by atoms with Crippen LogP contribution in [0, 0.1) is 5.82 Å². The summed E-state index contributed by atoms with van der Waals surface area (Å²) < 4.78 is 23.5. The molecule has 25 heavy (non-hydrogen) atoms. The van der Waals surface area contributed by atoms with E-state index in [4.69, 9.17) is 21.1 Å². The molecule has 1 amide bonds. The van der Waals surface area contributed by atoms with Crippen LogP contribution in [0.25, 0.3) is 0 Å². The van der Waals surface area contributed by atoms with Crippen LogP contribution in [-0.2, 0) is 14.3 Å². The molecule has 0 spiro atoms. The third-order valence-electron chi connectivity index (χ3n) is 3.24. The molecule has 132 valence electrons. The molecule has 0 saturated carbocycles. The predicted molar refractivity (Wildman–Crippen MR) is 92.1 cm³/mol. The largest absolute Gasteiger partial charge is 0.479 e. The number of ether oxygens (including phenoxy) is 2. The van der Waals surface area contributed by atoms with Gasteiger partial charge in [-0.2, -0.15) is 0 Å². The van der Waals surface area contributed by atoms with Crippen molar-refractivity contribution in [3.63, 3.8) is 0 Å². The Hall–Kier alpha value is -2.60. The van der Waals surface area contributed by atoms with Crippen LogP contribution in [0.5, 0.6) is 5.75 Å². The molecule has 0 aliphatic rings. The van der Waals surface area contributed by atoms with E-state index in [0.717, 1.165) is 12.1 Å². The molecule has 1 N–H and O–H groups in total. The van der Waals surface area contributed by atoms with E-state index in [9.17, 15) is 14.0 Å². The molecule has 2 aromatic carbocycles. The minimum atomic E-state index is -1.07. The molecule has 0 aromatic heterocycles. The maximum atomic E-state index is 13.0. The lowest BCUT2D eigenvalue weighted by Gasteiger charge is -2.18. The average Bonchev–Trinajstić information content (AvgIpc) is 2.58. The van der Waals surface area contributed by atoms with Gasteiger partial charge in [0, 0.05) is 0 Å². The molecule has 0 radical (unpaired) electrons. The topological polar surface area (TPSA) is 64.6 Å². The molecule has 0 unspecified atom stereocenters. The van der Waals surface area contributed by atoms with Gasteiger partial charge in [-0.1, -0.05) is 29.8 Å². The zero-order chi connectivity index (χ0) is 18.4. The van der Waals surface area contributed by atoms with Gasteiger partial charge in [-0.3, -0.25) is 4.79 Å². The van der Waals surface area contributed by atoms with Gasteiger partial charge < -0.3 is 14.8 Å². The molecule has 0 aliphatic heterocycles. The molecule has 2 atom stereocenters. The Morgan fingerprint density at radius 1 is 1.08 bits per heavy atom. The number of halogens is 2. The van der Waals surface area contributed by atoms with Crippen molar-refractivity contribution in [3.8, 4) is 5.75 Å². The van der Waals surface area contributed by atoms with Crippen molar-refractivity contribution < 1.29 is 23.5 Å². The van der Waals surface area contributed by atoms with Crippen molar-refractivity contribution in [2.75, 3.05) is 5.32 Å². The average molecular weight is 366 g/mol. The molecule has 7 heteroatoms. The van der Waals surface area contributed by atoms with Gasteiger partial charge in [0.15, 0.2) is 12.2 Å². The zero-order valence-electron chi connectivity index (χ0n) is 13.7. The van der Waals surface area contributed by atoms with Crippen LogP contribution in [0.2, 0.25) is 5.02 Å². The van der Waals surface area contributed by atoms with E-state index in [1.807, 2.05) is 6.07 Å². The molecular weight excluding hydrogens is 349 g/mol. The fraction of sp³-hybridized carbons (Fsp3) is 0.222. The summed E-state index contributed by atoms with van der Waals surface area (Å²) in [7, 11) is 0. The number of nitrogens with one attached hydrogen (secondary N) is 1. The molecule has 0 aliphatic carbocycles. The quantitative estimate of drug-likeness (QED) is 0.790. The first-order valence-electron chi connectivity index (χ1n) is 7.55. The highest BCUT2D eigenvalue weighted by molar-refractivity contribution is 6.33. The second kappa shape index (κ2) is 8.48. The van der Waals surface area contributed by atoms with Gasteiger partial charge >= 0.3 is 5.97 Å². The Morgan fingerprint density at radius 2 is 1.76 bits per heavy atom. The van der Waals surface area contributed by atoms with Gasteiger partial charge in [-0.15, -0.1) is 0 Å². The number of amides is 1. The fourth-order valence-electron chi connectivity index (χ4n) is 1.90. The molecule has 2 aromatic rings. The summed E-state index contributed by atoms with van der Waals surface area (Å²) in [5.41, 5.74) is 0.226. The Balaban J connectivity index is 1.90. The van der Waals surface area contributed by atoms with Crippen molar-refractivity contribution in [1.82, 2.24) is 0 Å². The van der Waals surface area contributed by atoms with Gasteiger partial charge in [0.05, 0.1) is 10.7 Å². The Bertz CT molecular complexity index is 754. The highest BCUT2D eigenvalue weighted by Gasteiger charge is 2.23. The number of rotatable bonds is 6. The molecular formula is C18H17ClFNO4. The molecule has 0 heterocycles. The third-order valence-corrected chi connectivity index (χ3v) is 3.55. The van der Waals surface area contributed by atoms with Gasteiger partial charge in [-0.05, 0) is 44.2 Å². The van der Waals surface area contributed by atoms with Crippen LogP contribution in [0.3, 0.4) is 0 Å². The summed E-state index contributed by atoms with van der Waals surface area (Å²) in [6.07, 6.45) is -1.96. The van der Waals surface area contributed by atoms with Gasteiger partial charge in [-0.25, -0.2) is 9.18 Å². The van der Waals surface area contributed by atoms with E-state index in [0.29, 0.717) is 5.75 Å². The van der Waals surface area contributed by atoms with E-state index in [1.165, 1.54) is 19.9 Å². The normalized spacial score (nSPS) is 12.8. The molecule has 0 fully saturated rings. The first-order valence-corrected chi connectivity index (χ1v) is 7.92. The first-order chi connectivity index (χ1) is 11.9. The van der Waals surface area contributed by atoms with Crippen LogP contribution in [-0.4, -0.2) is 24.1 Å². The summed E-state index contributed by atoms with van der Waals surface area (Å²) in [5.74, 6) is -1.28. The number of carbonyl (C=O) groups is 2. The maximum Gasteiger partial charge on any atom is 0.347 e. The number of esters is 1. The SMILES string of the molecule is C[C@H](Oc1ccccc1)C(=O)O[C@H](C)C(=O)Nc1ccc(F)cc1Cl. The van der Waals surface area contributed by atoms with Crippen LogP contribution in [0.1, 0.15) is 13.8 Å². The predicted octanol–water partition coefficient (Wildman–Crippen LogP) is 3.82. The Morgan fingerprint density at radius 3 is 2.40 bits per heavy atom. The van der Waals surface area contributed by atoms with Crippen molar-refractivity contribution in [1.29, 1.82) is 0 Å². The monoisotopic (exact) mass is 365 g/mol. The zero-order valence-corrected chi connectivity index (χ0v) is 14.4. The standard InChI is InChI=1S/C18H17ClFNO4/c1-11(17(22)21-16-9-8-13(20)10-15(16)19)25-18(23)12(2)24-14-6-4-3-5-7-14/h3-12H,1-2H3,(H,21,22)/t11-,12+/m1/s1. The summed E-state index contributed by atoms with van der Waals surface area (Å²) in [5, 5.41) is 2.52. The van der Waals surface area contributed by atoms with Crippen LogP contribution < -0.4 is 10.1 Å². The Kier molecular flexibility index (Phi) is 6.36. The lowest BCUT2D eigenvalue weighted by atomic mass is 10.3. The lowest BCUT2D eigenvalue weighted by Crippen LogP contribution is -2.35. The van der Waals surface area contributed by atoms with Gasteiger partial charge in [0.1, 0.15) is 11.6 Å². The van der Waals surface area contributed by atoms with Crippen molar-refractivity contribution >= 4 is 29.2 Å². The highest BCUT2D eigenvalue weighted by Crippen LogP contribution is 2.22. The van der Waals surface area contributed by atoms with Crippen LogP contribution in [0.4, 0.5) is 10.1 Å². The molecule has 0 saturated heterocycles. The van der Waals surface area contributed by atoms with E-state index >= 15 is 0 Å². The number of benzene rings is 2. The van der Waals surface area contributed by atoms with E-state index in [-0.39, 0.29) is 10.7 Å². The maximum absolute atomic E-state index is 13.0. The van der Waals surface area contributed by atoms with Crippen molar-refractivity contribution in [2.24, 2.45) is 0 Å². The Labute approximate surface area is 149 Å². The van der Waals surface area contributed by atoms with E-state index in [2.05, 4.69) is 5.32 Å². The van der Waals surface area contributed by atoms with Gasteiger partial charge in [0.25, 0.3) is 5.91 Å². The van der Waals surface area contributed by atoms with E-state index < -0.39 is 29.9 Å². The van der Waals surface area contributed by atoms with Crippen molar-refractivity contribution in [2.45, 2.75) is 26.1 Å². The number of hydrogen-bond acceptors (Lipinski definition) is 4. The second-order valence-electron chi connectivity index (χ2n) is 5.27. The van der Waals surface area contributed by atoms with E-state index in [1.54, 1.807) is 24.3 Å². The van der Waals surface area contributed by atoms with Crippen LogP contribution in [0.15, 0.2) is 48.5 Å². The first kappa shape index (κ1) is 18.7. The van der Waals surface area contributed by atoms with Crippen molar-refractivity contribution in [3.05, 3.63) is 59.4 Å². The number of para-hydroxylation sites is 1. The minimum absolute atomic E-state index is 0.0488. The fourth-order valence-corrected chi connectivity index (χ4v) is 2.11. The summed E-state index contributed by atoms with van der Waals surface area (Å²) in [6.45, 7) is 2.94. The smallest absolute Gasteiger partial charge is 0.347 e. The number of carbonyl (C=O) groups excluding carboxylic acids is 2. The third kappa shape index (κ3) is 5.46. The summed E-state index contributed by atoms with van der Waals surface area (Å²) in [4.78, 5) is 24.1. The number of hydrogen-bond donors (Lipinski definition) is 1. The summed E-state index contributed by atoms with van der Waals surface area (Å²) >= 11 is 5.84. The number of anilines is 1. The minimum Gasteiger partial charge on any atom is -0.479 e. The van der Waals surface area contributed by atoms with Crippen LogP contribution >= 0.6 is 11.6 Å². The van der Waals surface area contributed by atoms with Gasteiger partial charge in [0.2, 0.25) is 0 Å². The molecule has 2 rings (SSSR count). The highest BCUT2D eigenvalue weighted by atomic mass is 35.5. The molecule has 5 nitrogen and oxygen atoms in total. The molecule has 0 bridgehead atoms.